The van der Waals surface area contributed by atoms with Crippen LogP contribution in [0.1, 0.15) is 6.23 Å². The molecule has 3 heterocycles. The van der Waals surface area contributed by atoms with Crippen molar-refractivity contribution in [2.24, 2.45) is 0 Å². The summed E-state index contributed by atoms with van der Waals surface area (Å²) in [6.07, 6.45) is -2.97. The molecule has 0 saturated carbocycles. The number of aliphatic hydroxyl groups excluding tert-OH is 3. The molecule has 17 heteroatoms. The van der Waals surface area contributed by atoms with Crippen molar-refractivity contribution in [2.45, 2.75) is 29.4 Å². The molecule has 0 radical (unpaired) electrons. The van der Waals surface area contributed by atoms with E-state index < -0.39 is 46.2 Å². The van der Waals surface area contributed by atoms with Gasteiger partial charge in [-0.05, 0) is 28.1 Å². The van der Waals surface area contributed by atoms with Crippen molar-refractivity contribution < 1.29 is 38.0 Å². The number of aromatic nitrogens is 4. The van der Waals surface area contributed by atoms with Crippen molar-refractivity contribution in [3.05, 3.63) is 45.4 Å². The number of halogens is 1. The highest BCUT2D eigenvalue weighted by atomic mass is 79.9. The van der Waals surface area contributed by atoms with E-state index in [2.05, 4.69) is 30.9 Å². The number of imidazole rings is 1. The van der Waals surface area contributed by atoms with E-state index in [0.29, 0.717) is 15.9 Å². The molecule has 2 aromatic heterocycles. The molecule has 3 aromatic rings. The monoisotopic (exact) mass is 548 g/mol. The number of ether oxygens (including phenoxy) is 1. The maximum Gasteiger partial charge on any atom is 0.294 e. The van der Waals surface area contributed by atoms with E-state index in [1.165, 1.54) is 10.9 Å². The van der Waals surface area contributed by atoms with Crippen LogP contribution in [0.15, 0.2) is 40.2 Å². The number of fused-ring (bicyclic) bond motifs is 1. The highest BCUT2D eigenvalue weighted by Gasteiger charge is 2.44. The smallest absolute Gasteiger partial charge is 0.294 e. The van der Waals surface area contributed by atoms with Crippen LogP contribution in [-0.4, -0.2) is 77.7 Å². The van der Waals surface area contributed by atoms with E-state index in [-0.39, 0.29) is 16.4 Å². The Hall–Kier alpha value is -2.80. The first-order chi connectivity index (χ1) is 15.5. The van der Waals surface area contributed by atoms with Gasteiger partial charge in [0.15, 0.2) is 27.9 Å². The summed E-state index contributed by atoms with van der Waals surface area (Å²) in [7, 11) is -4.27. The zero-order chi connectivity index (χ0) is 24.5. The summed E-state index contributed by atoms with van der Waals surface area (Å²) in [6, 6.07) is 3.94. The average molecular weight is 549 g/mol. The van der Waals surface area contributed by atoms with E-state index in [9.17, 15) is 28.7 Å². The number of aliphatic hydroxyl groups is 3. The maximum atomic E-state index is 10.5. The highest BCUT2D eigenvalue weighted by molar-refractivity contribution is 9.10. The quantitative estimate of drug-likeness (QED) is 0.121. The Kier molecular flexibility index (Phi) is 7.22. The summed E-state index contributed by atoms with van der Waals surface area (Å²) in [5.74, 6) is 0.196. The summed E-state index contributed by atoms with van der Waals surface area (Å²) in [5, 5.41) is 39.1. The number of nitrogen functional groups attached to an aromatic ring is 1. The number of hydrogen-bond donors (Lipinski definition) is 5. The van der Waals surface area contributed by atoms with Gasteiger partial charge in [-0.1, -0.05) is 0 Å². The number of anilines is 1. The molecule has 0 spiro atoms. The van der Waals surface area contributed by atoms with Gasteiger partial charge in [0.25, 0.3) is 15.8 Å². The molecule has 0 amide bonds. The number of benzene rings is 1. The maximum absolute atomic E-state index is 10.5. The van der Waals surface area contributed by atoms with Gasteiger partial charge in [-0.2, -0.15) is 8.42 Å². The molecule has 4 unspecified atom stereocenters. The molecule has 0 aliphatic carbocycles. The third-order valence-electron chi connectivity index (χ3n) is 4.58. The van der Waals surface area contributed by atoms with Crippen molar-refractivity contribution in [1.29, 1.82) is 0 Å². The van der Waals surface area contributed by atoms with Crippen LogP contribution in [0.5, 0.6) is 0 Å². The Morgan fingerprint density at radius 3 is 2.36 bits per heavy atom. The summed E-state index contributed by atoms with van der Waals surface area (Å²) in [4.78, 5) is 21.2. The standard InChI is InChI=1S/C10H12BrN5O4.C6H5NO5S/c11-10-15-4-7(12)13-2-14-8(4)16(10)9-6(19)5(18)3(1-17)20-9;8-7(9)5-1-3-6(4-2-5)13(10,11)12/h2-3,5-6,9,17-19H,1H2,(H2,12,13,14);1-4H,(H,10,11,12). The minimum Gasteiger partial charge on any atom is -0.394 e. The van der Waals surface area contributed by atoms with Crippen molar-refractivity contribution in [3.63, 3.8) is 0 Å². The summed E-state index contributed by atoms with van der Waals surface area (Å²) in [5.41, 5.74) is 6.20. The minimum atomic E-state index is -4.27. The predicted molar refractivity (Wildman–Crippen MR) is 113 cm³/mol. The van der Waals surface area contributed by atoms with Crippen molar-refractivity contribution >= 4 is 48.7 Å². The molecular weight excluding hydrogens is 532 g/mol. The fourth-order valence-electron chi connectivity index (χ4n) is 2.96. The van der Waals surface area contributed by atoms with E-state index in [4.69, 9.17) is 20.1 Å². The van der Waals surface area contributed by atoms with Crippen LogP contribution in [0.4, 0.5) is 11.5 Å². The van der Waals surface area contributed by atoms with Gasteiger partial charge in [-0.15, -0.1) is 0 Å². The van der Waals surface area contributed by atoms with Crippen LogP contribution in [0.3, 0.4) is 0 Å². The predicted octanol–water partition coefficient (Wildman–Crippen LogP) is -0.376. The molecule has 1 aliphatic heterocycles. The van der Waals surface area contributed by atoms with Crippen LogP contribution < -0.4 is 5.73 Å². The van der Waals surface area contributed by atoms with Gasteiger partial charge < -0.3 is 25.8 Å². The van der Waals surface area contributed by atoms with E-state index in [0.717, 1.165) is 24.3 Å². The van der Waals surface area contributed by atoms with Gasteiger partial charge in [0.2, 0.25) is 0 Å². The van der Waals surface area contributed by atoms with Gasteiger partial charge >= 0.3 is 0 Å². The molecule has 6 N–H and O–H groups in total. The Morgan fingerprint density at radius 1 is 1.21 bits per heavy atom. The second-order valence-electron chi connectivity index (χ2n) is 6.64. The lowest BCUT2D eigenvalue weighted by Gasteiger charge is -2.17. The molecule has 15 nitrogen and oxygen atoms in total. The molecular formula is C16H17BrN6O9S. The van der Waals surface area contributed by atoms with Gasteiger partial charge in [0.05, 0.1) is 16.4 Å². The molecule has 4 rings (SSSR count). The van der Waals surface area contributed by atoms with Gasteiger partial charge in [0, 0.05) is 12.1 Å². The zero-order valence-electron chi connectivity index (χ0n) is 16.3. The Morgan fingerprint density at radius 2 is 1.85 bits per heavy atom. The topological polar surface area (TPSA) is 237 Å². The molecule has 33 heavy (non-hydrogen) atoms. The van der Waals surface area contributed by atoms with E-state index >= 15 is 0 Å². The molecule has 4 atom stereocenters. The number of nitrogens with zero attached hydrogens (tertiary/aromatic N) is 5. The highest BCUT2D eigenvalue weighted by Crippen LogP contribution is 2.34. The van der Waals surface area contributed by atoms with Crippen LogP contribution in [0.2, 0.25) is 0 Å². The molecule has 0 bridgehead atoms. The zero-order valence-corrected chi connectivity index (χ0v) is 18.7. The average Bonchev–Trinajstić information content (AvgIpc) is 3.24. The van der Waals surface area contributed by atoms with Crippen molar-refractivity contribution in [1.82, 2.24) is 19.5 Å². The first-order valence-corrected chi connectivity index (χ1v) is 11.2. The van der Waals surface area contributed by atoms with Crippen molar-refractivity contribution in [2.75, 3.05) is 12.3 Å². The lowest BCUT2D eigenvalue weighted by molar-refractivity contribution is -0.384. The molecule has 1 saturated heterocycles. The number of nitrogens with two attached hydrogens (primary N) is 1. The number of hydrogen-bond acceptors (Lipinski definition) is 12. The van der Waals surface area contributed by atoms with E-state index in [1.54, 1.807) is 0 Å². The first-order valence-electron chi connectivity index (χ1n) is 8.94. The Labute approximate surface area is 193 Å². The SMILES string of the molecule is Nc1ncnc2c1nc(Br)n2C1OC(CO)C(O)C1O.O=[N+]([O-])c1ccc(S(=O)(=O)O)cc1. The molecule has 178 valence electrons. The fraction of sp³-hybridized carbons (Fsp3) is 0.312. The number of rotatable bonds is 4. The number of nitro groups is 1. The second kappa shape index (κ2) is 9.59. The van der Waals surface area contributed by atoms with Gasteiger partial charge in [0.1, 0.15) is 24.6 Å². The molecule has 1 aromatic carbocycles. The second-order valence-corrected chi connectivity index (χ2v) is 8.77. The Balaban J connectivity index is 0.000000205. The van der Waals surface area contributed by atoms with Crippen molar-refractivity contribution in [3.8, 4) is 0 Å². The minimum absolute atomic E-state index is 0.196. The fourth-order valence-corrected chi connectivity index (χ4v) is 3.99. The van der Waals surface area contributed by atoms with Crippen LogP contribution in [0.25, 0.3) is 11.2 Å². The summed E-state index contributed by atoms with van der Waals surface area (Å²) in [6.45, 7) is -0.407. The largest absolute Gasteiger partial charge is 0.394 e. The first kappa shape index (κ1) is 24.8. The van der Waals surface area contributed by atoms with Crippen LogP contribution in [-0.2, 0) is 14.9 Å². The summed E-state index contributed by atoms with van der Waals surface area (Å²) < 4.78 is 36.8. The van der Waals surface area contributed by atoms with Crippen LogP contribution >= 0.6 is 15.9 Å². The molecule has 1 aliphatic rings. The third-order valence-corrected chi connectivity index (χ3v) is 6.01. The summed E-state index contributed by atoms with van der Waals surface area (Å²) >= 11 is 3.24. The number of non-ortho nitro benzene ring substituents is 1. The van der Waals surface area contributed by atoms with Gasteiger partial charge in [-0.3, -0.25) is 19.2 Å². The third kappa shape index (κ3) is 5.08. The van der Waals surface area contributed by atoms with Gasteiger partial charge in [-0.25, -0.2) is 15.0 Å². The van der Waals surface area contributed by atoms with E-state index in [1.807, 2.05) is 0 Å². The lowest BCUT2D eigenvalue weighted by atomic mass is 10.1. The molecule has 1 fully saturated rings. The Bertz CT molecular complexity index is 1270. The lowest BCUT2D eigenvalue weighted by Crippen LogP contribution is -2.33. The number of nitro benzene ring substituents is 1. The van der Waals surface area contributed by atoms with Crippen LogP contribution in [0, 0.1) is 10.1 Å². The normalized spacial score (nSPS) is 22.7.